The molecule has 3 N–H and O–H groups in total. The zero-order valence-electron chi connectivity index (χ0n) is 13.7. The molecule has 1 atom stereocenters. The van der Waals surface area contributed by atoms with Gasteiger partial charge < -0.3 is 10.6 Å². The summed E-state index contributed by atoms with van der Waals surface area (Å²) in [6.45, 7) is 4.45. The summed E-state index contributed by atoms with van der Waals surface area (Å²) < 4.78 is 0. The van der Waals surface area contributed by atoms with Crippen LogP contribution in [0.25, 0.3) is 10.6 Å². The Bertz CT molecular complexity index is 793. The fourth-order valence-corrected chi connectivity index (χ4v) is 3.08. The van der Waals surface area contributed by atoms with Gasteiger partial charge in [-0.2, -0.15) is 5.10 Å². The molecule has 0 saturated carbocycles. The highest BCUT2D eigenvalue weighted by Gasteiger charge is 2.14. The molecule has 0 aliphatic rings. The van der Waals surface area contributed by atoms with Crippen LogP contribution in [0.3, 0.4) is 0 Å². The van der Waals surface area contributed by atoms with Gasteiger partial charge in [-0.1, -0.05) is 23.8 Å². The predicted molar refractivity (Wildman–Crippen MR) is 98.0 cm³/mol. The van der Waals surface area contributed by atoms with E-state index in [9.17, 15) is 4.79 Å². The monoisotopic (exact) mass is 340 g/mol. The third-order valence-corrected chi connectivity index (χ3v) is 4.68. The van der Waals surface area contributed by atoms with Gasteiger partial charge in [-0.05, 0) is 37.4 Å². The van der Waals surface area contributed by atoms with Crippen LogP contribution in [0.5, 0.6) is 0 Å². The van der Waals surface area contributed by atoms with Crippen molar-refractivity contribution >= 4 is 22.9 Å². The number of nitrogens with zero attached hydrogens (tertiary/aromatic N) is 1. The molecule has 24 heavy (non-hydrogen) atoms. The Morgan fingerprint density at radius 1 is 1.29 bits per heavy atom. The molecule has 6 heteroatoms. The van der Waals surface area contributed by atoms with Crippen LogP contribution in [0, 0.1) is 6.92 Å². The number of aryl methyl sites for hydroxylation is 1. The Labute approximate surface area is 145 Å². The Morgan fingerprint density at radius 2 is 2.08 bits per heavy atom. The van der Waals surface area contributed by atoms with Gasteiger partial charge in [0.25, 0.3) is 0 Å². The first-order valence-corrected chi connectivity index (χ1v) is 8.68. The number of carbonyl (C=O) groups excluding carboxylic acids is 1. The molecule has 0 spiro atoms. The number of hydrogen-bond donors (Lipinski definition) is 3. The van der Waals surface area contributed by atoms with Crippen molar-refractivity contribution < 1.29 is 4.79 Å². The smallest absolute Gasteiger partial charge is 0.241 e. The van der Waals surface area contributed by atoms with Crippen molar-refractivity contribution in [1.82, 2.24) is 15.5 Å². The molecular formula is C18H20N4OS. The van der Waals surface area contributed by atoms with Crippen molar-refractivity contribution in [2.75, 3.05) is 5.32 Å². The third kappa shape index (κ3) is 3.90. The zero-order chi connectivity index (χ0) is 16.9. The molecule has 2 aromatic heterocycles. The summed E-state index contributed by atoms with van der Waals surface area (Å²) in [5.74, 6) is -0.0555. The van der Waals surface area contributed by atoms with Gasteiger partial charge >= 0.3 is 0 Å². The van der Waals surface area contributed by atoms with Crippen molar-refractivity contribution in [3.63, 3.8) is 0 Å². The van der Waals surface area contributed by atoms with E-state index in [-0.39, 0.29) is 11.9 Å². The highest BCUT2D eigenvalue weighted by atomic mass is 32.1. The summed E-state index contributed by atoms with van der Waals surface area (Å²) >= 11 is 1.66. The maximum atomic E-state index is 12.3. The Balaban J connectivity index is 1.57. The van der Waals surface area contributed by atoms with E-state index in [0.717, 1.165) is 21.8 Å². The van der Waals surface area contributed by atoms with Crippen LogP contribution >= 0.6 is 11.3 Å². The van der Waals surface area contributed by atoms with Crippen LogP contribution in [0.1, 0.15) is 18.1 Å². The van der Waals surface area contributed by atoms with Crippen molar-refractivity contribution in [3.05, 3.63) is 59.1 Å². The van der Waals surface area contributed by atoms with Crippen LogP contribution in [0.4, 0.5) is 5.69 Å². The SMILES string of the molecule is Cc1ccc(NC(=O)[C@@H](C)NCc2cn[nH]c2-c2cccs2)cc1. The number of nitrogens with one attached hydrogen (secondary N) is 3. The lowest BCUT2D eigenvalue weighted by Gasteiger charge is -2.14. The number of thiophene rings is 1. The van der Waals surface area contributed by atoms with Gasteiger partial charge in [-0.25, -0.2) is 0 Å². The fourth-order valence-electron chi connectivity index (χ4n) is 2.32. The van der Waals surface area contributed by atoms with E-state index in [1.54, 1.807) is 17.5 Å². The van der Waals surface area contributed by atoms with Crippen LogP contribution in [0.15, 0.2) is 48.0 Å². The number of carbonyl (C=O) groups is 1. The number of aromatic amines is 1. The van der Waals surface area contributed by atoms with E-state index in [1.807, 2.05) is 49.6 Å². The van der Waals surface area contributed by atoms with Crippen LogP contribution < -0.4 is 10.6 Å². The van der Waals surface area contributed by atoms with E-state index >= 15 is 0 Å². The lowest BCUT2D eigenvalue weighted by atomic mass is 10.2. The standard InChI is InChI=1S/C18H20N4OS/c1-12-5-7-15(8-6-12)21-18(23)13(2)19-10-14-11-20-22-17(14)16-4-3-9-24-16/h3-9,11,13,19H,10H2,1-2H3,(H,20,22)(H,21,23)/t13-/m1/s1. The second-order valence-corrected chi connectivity index (χ2v) is 6.65. The Hall–Kier alpha value is -2.44. The van der Waals surface area contributed by atoms with Crippen molar-refractivity contribution in [3.8, 4) is 10.6 Å². The van der Waals surface area contributed by atoms with Crippen LogP contribution in [0.2, 0.25) is 0 Å². The molecule has 0 bridgehead atoms. The van der Waals surface area contributed by atoms with Gasteiger partial charge in [-0.15, -0.1) is 11.3 Å². The third-order valence-electron chi connectivity index (χ3n) is 3.80. The van der Waals surface area contributed by atoms with E-state index in [1.165, 1.54) is 5.56 Å². The molecular weight excluding hydrogens is 320 g/mol. The molecule has 0 fully saturated rings. The maximum absolute atomic E-state index is 12.3. The van der Waals surface area contributed by atoms with Crippen molar-refractivity contribution in [2.24, 2.45) is 0 Å². The largest absolute Gasteiger partial charge is 0.325 e. The summed E-state index contributed by atoms with van der Waals surface area (Å²) in [4.78, 5) is 13.4. The predicted octanol–water partition coefficient (Wildman–Crippen LogP) is 3.56. The van der Waals surface area contributed by atoms with E-state index < -0.39 is 0 Å². The Kier molecular flexibility index (Phi) is 5.08. The summed E-state index contributed by atoms with van der Waals surface area (Å²) in [5, 5.41) is 15.3. The lowest BCUT2D eigenvalue weighted by Crippen LogP contribution is -2.37. The topological polar surface area (TPSA) is 69.8 Å². The van der Waals surface area contributed by atoms with E-state index in [0.29, 0.717) is 6.54 Å². The van der Waals surface area contributed by atoms with Crippen molar-refractivity contribution in [1.29, 1.82) is 0 Å². The minimum atomic E-state index is -0.308. The second-order valence-electron chi connectivity index (χ2n) is 5.71. The number of H-pyrrole nitrogens is 1. The number of hydrogen-bond acceptors (Lipinski definition) is 4. The highest BCUT2D eigenvalue weighted by Crippen LogP contribution is 2.25. The Morgan fingerprint density at radius 3 is 2.79 bits per heavy atom. The minimum absolute atomic E-state index is 0.0555. The molecule has 3 rings (SSSR count). The molecule has 5 nitrogen and oxygen atoms in total. The average Bonchev–Trinajstić information content (AvgIpc) is 3.25. The van der Waals surface area contributed by atoms with Gasteiger partial charge in [0.1, 0.15) is 0 Å². The molecule has 0 unspecified atom stereocenters. The van der Waals surface area contributed by atoms with Crippen LogP contribution in [-0.4, -0.2) is 22.1 Å². The molecule has 124 valence electrons. The van der Waals surface area contributed by atoms with Gasteiger partial charge in [0.15, 0.2) is 0 Å². The molecule has 1 aromatic carbocycles. The van der Waals surface area contributed by atoms with E-state index in [4.69, 9.17) is 0 Å². The maximum Gasteiger partial charge on any atom is 0.241 e. The molecule has 0 radical (unpaired) electrons. The minimum Gasteiger partial charge on any atom is -0.325 e. The molecule has 0 aliphatic heterocycles. The lowest BCUT2D eigenvalue weighted by molar-refractivity contribution is -0.117. The normalized spacial score (nSPS) is 12.1. The summed E-state index contributed by atoms with van der Waals surface area (Å²) in [6.07, 6.45) is 1.80. The van der Waals surface area contributed by atoms with E-state index in [2.05, 4.69) is 26.9 Å². The average molecular weight is 340 g/mol. The molecule has 0 saturated heterocycles. The van der Waals surface area contributed by atoms with Gasteiger partial charge in [0, 0.05) is 17.8 Å². The first kappa shape index (κ1) is 16.4. The molecule has 0 aliphatic carbocycles. The van der Waals surface area contributed by atoms with Gasteiger partial charge in [0.05, 0.1) is 22.8 Å². The number of rotatable bonds is 6. The van der Waals surface area contributed by atoms with Gasteiger partial charge in [-0.3, -0.25) is 9.89 Å². The molecule has 3 aromatic rings. The van der Waals surface area contributed by atoms with Crippen molar-refractivity contribution in [2.45, 2.75) is 26.4 Å². The van der Waals surface area contributed by atoms with Gasteiger partial charge in [0.2, 0.25) is 5.91 Å². The number of aromatic nitrogens is 2. The van der Waals surface area contributed by atoms with Crippen LogP contribution in [-0.2, 0) is 11.3 Å². The number of benzene rings is 1. The summed E-state index contributed by atoms with van der Waals surface area (Å²) in [6, 6.07) is 11.5. The second kappa shape index (κ2) is 7.42. The summed E-state index contributed by atoms with van der Waals surface area (Å²) in [7, 11) is 0. The quantitative estimate of drug-likeness (QED) is 0.642. The first-order valence-electron chi connectivity index (χ1n) is 7.80. The zero-order valence-corrected chi connectivity index (χ0v) is 14.5. The number of amides is 1. The molecule has 2 heterocycles. The number of anilines is 1. The highest BCUT2D eigenvalue weighted by molar-refractivity contribution is 7.13. The molecule has 1 amide bonds. The first-order chi connectivity index (χ1) is 11.6. The summed E-state index contributed by atoms with van der Waals surface area (Å²) in [5.41, 5.74) is 4.03. The fraction of sp³-hybridized carbons (Fsp3) is 0.222.